The van der Waals surface area contributed by atoms with Gasteiger partial charge in [-0.2, -0.15) is 10.3 Å². The first-order chi connectivity index (χ1) is 11.5. The van der Waals surface area contributed by atoms with Gasteiger partial charge in [0.05, 0.1) is 16.2 Å². The zero-order valence-electron chi connectivity index (χ0n) is 13.0. The molecular weight excluding hydrogens is 310 g/mol. The highest BCUT2D eigenvalue weighted by Crippen LogP contribution is 2.41. The first kappa shape index (κ1) is 15.7. The number of nitro groups is 1. The monoisotopic (exact) mass is 327 g/mol. The fraction of sp³-hybridized carbons (Fsp3) is 0.400. The van der Waals surface area contributed by atoms with Gasteiger partial charge in [-0.3, -0.25) is 15.0 Å². The molecule has 1 aromatic rings. The molecule has 3 rings (SSSR count). The third kappa shape index (κ3) is 2.52. The van der Waals surface area contributed by atoms with Crippen molar-refractivity contribution in [1.82, 2.24) is 0 Å². The summed E-state index contributed by atoms with van der Waals surface area (Å²) in [5.74, 6) is 0.265. The first-order valence-corrected chi connectivity index (χ1v) is 7.65. The number of aliphatic imine (C=N–C) groups is 2. The van der Waals surface area contributed by atoms with Crippen molar-refractivity contribution in [3.8, 4) is 6.07 Å². The van der Waals surface area contributed by atoms with Gasteiger partial charge in [-0.25, -0.2) is 4.99 Å². The number of nitrogens with two attached hydrogens (primary N) is 2. The van der Waals surface area contributed by atoms with E-state index in [1.165, 1.54) is 18.2 Å². The van der Waals surface area contributed by atoms with Gasteiger partial charge in [0.1, 0.15) is 11.7 Å². The number of benzene rings is 1. The largest absolute Gasteiger partial charge is 0.369 e. The summed E-state index contributed by atoms with van der Waals surface area (Å²) in [7, 11) is 0. The van der Waals surface area contributed by atoms with Gasteiger partial charge in [-0.05, 0) is 31.7 Å². The van der Waals surface area contributed by atoms with Gasteiger partial charge in [0.15, 0.2) is 0 Å². The van der Waals surface area contributed by atoms with E-state index in [4.69, 9.17) is 11.5 Å². The van der Waals surface area contributed by atoms with Gasteiger partial charge in [-0.15, -0.1) is 0 Å². The highest BCUT2D eigenvalue weighted by molar-refractivity contribution is 6.06. The Morgan fingerprint density at radius 2 is 2.00 bits per heavy atom. The smallest absolute Gasteiger partial charge is 0.270 e. The second-order valence-corrected chi connectivity index (χ2v) is 5.89. The van der Waals surface area contributed by atoms with E-state index in [0.717, 1.165) is 32.1 Å². The third-order valence-corrected chi connectivity index (χ3v) is 4.40. The van der Waals surface area contributed by atoms with Crippen LogP contribution in [0.4, 0.5) is 11.4 Å². The lowest BCUT2D eigenvalue weighted by Gasteiger charge is -2.45. The standard InChI is InChI=1S/C15H17N7O2/c16-9-10-8-11(22(23)24)4-5-12(10)21-14(18)19-13(17)20-15(21)6-2-1-3-7-15/h4-5,8H,1-3,6-7H2,(H4,17,18,19,20). The van der Waals surface area contributed by atoms with Crippen molar-refractivity contribution in [2.24, 2.45) is 21.5 Å². The highest BCUT2D eigenvalue weighted by atomic mass is 16.6. The molecule has 1 spiro atoms. The van der Waals surface area contributed by atoms with Gasteiger partial charge in [-0.1, -0.05) is 6.42 Å². The quantitative estimate of drug-likeness (QED) is 0.622. The number of nitrogens with zero attached hydrogens (tertiary/aromatic N) is 5. The van der Waals surface area contributed by atoms with Crippen LogP contribution in [-0.4, -0.2) is 22.5 Å². The molecule has 1 aliphatic heterocycles. The molecule has 0 amide bonds. The van der Waals surface area contributed by atoms with Gasteiger partial charge < -0.3 is 11.5 Å². The average Bonchev–Trinajstić information content (AvgIpc) is 2.54. The van der Waals surface area contributed by atoms with Crippen molar-refractivity contribution in [3.63, 3.8) is 0 Å². The summed E-state index contributed by atoms with van der Waals surface area (Å²) in [4.78, 5) is 20.7. The van der Waals surface area contributed by atoms with Crippen LogP contribution in [-0.2, 0) is 0 Å². The van der Waals surface area contributed by atoms with Crippen molar-refractivity contribution in [1.29, 1.82) is 5.26 Å². The molecule has 24 heavy (non-hydrogen) atoms. The third-order valence-electron chi connectivity index (χ3n) is 4.40. The SMILES string of the molecule is N#Cc1cc([N+](=O)[O-])ccc1N1C(N)=NC(N)=NC12CCCCC2. The molecule has 1 fully saturated rings. The van der Waals surface area contributed by atoms with Crippen LogP contribution < -0.4 is 16.4 Å². The lowest BCUT2D eigenvalue weighted by molar-refractivity contribution is -0.384. The number of hydrogen-bond donors (Lipinski definition) is 2. The molecule has 2 aliphatic rings. The minimum Gasteiger partial charge on any atom is -0.369 e. The first-order valence-electron chi connectivity index (χ1n) is 7.65. The van der Waals surface area contributed by atoms with E-state index in [2.05, 4.69) is 9.98 Å². The van der Waals surface area contributed by atoms with Crippen LogP contribution in [0, 0.1) is 21.4 Å². The minimum atomic E-state index is -0.685. The summed E-state index contributed by atoms with van der Waals surface area (Å²) in [6.07, 6.45) is 4.45. The van der Waals surface area contributed by atoms with Crippen LogP contribution >= 0.6 is 0 Å². The van der Waals surface area contributed by atoms with Gasteiger partial charge in [0.2, 0.25) is 11.9 Å². The normalized spacial score (nSPS) is 19.4. The Morgan fingerprint density at radius 3 is 2.62 bits per heavy atom. The van der Waals surface area contributed by atoms with Crippen molar-refractivity contribution in [2.75, 3.05) is 4.90 Å². The summed E-state index contributed by atoms with van der Waals surface area (Å²) >= 11 is 0. The van der Waals surface area contributed by atoms with Crippen molar-refractivity contribution in [3.05, 3.63) is 33.9 Å². The van der Waals surface area contributed by atoms with E-state index in [9.17, 15) is 15.4 Å². The summed E-state index contributed by atoms with van der Waals surface area (Å²) in [5, 5.41) is 20.4. The molecule has 1 heterocycles. The molecule has 4 N–H and O–H groups in total. The number of hydrogen-bond acceptors (Lipinski definition) is 8. The van der Waals surface area contributed by atoms with E-state index in [0.29, 0.717) is 5.69 Å². The summed E-state index contributed by atoms with van der Waals surface area (Å²) in [5.41, 5.74) is 11.7. The number of non-ortho nitro benzene ring substituents is 1. The predicted molar refractivity (Wildman–Crippen MR) is 89.4 cm³/mol. The maximum atomic E-state index is 11.0. The molecule has 1 aliphatic carbocycles. The molecule has 0 atom stereocenters. The number of nitriles is 1. The zero-order valence-corrected chi connectivity index (χ0v) is 13.0. The van der Waals surface area contributed by atoms with Crippen LogP contribution in [0.25, 0.3) is 0 Å². The van der Waals surface area contributed by atoms with Crippen LogP contribution in [0.5, 0.6) is 0 Å². The number of guanidine groups is 2. The maximum absolute atomic E-state index is 11.0. The van der Waals surface area contributed by atoms with E-state index in [-0.39, 0.29) is 23.2 Å². The summed E-state index contributed by atoms with van der Waals surface area (Å²) < 4.78 is 0. The molecule has 124 valence electrons. The predicted octanol–water partition coefficient (Wildman–Crippen LogP) is 1.58. The molecule has 0 bridgehead atoms. The van der Waals surface area contributed by atoms with Crippen molar-refractivity contribution >= 4 is 23.3 Å². The molecule has 9 nitrogen and oxygen atoms in total. The van der Waals surface area contributed by atoms with E-state index in [1.54, 1.807) is 4.90 Å². The van der Waals surface area contributed by atoms with E-state index >= 15 is 0 Å². The van der Waals surface area contributed by atoms with Crippen LogP contribution in [0.2, 0.25) is 0 Å². The number of rotatable bonds is 2. The minimum absolute atomic E-state index is 0.117. The highest BCUT2D eigenvalue weighted by Gasteiger charge is 2.43. The Morgan fingerprint density at radius 1 is 1.29 bits per heavy atom. The topological polar surface area (TPSA) is 147 Å². The summed E-state index contributed by atoms with van der Waals surface area (Å²) in [6, 6.07) is 6.11. The van der Waals surface area contributed by atoms with Gasteiger partial charge in [0.25, 0.3) is 5.69 Å². The Labute approximate surface area is 138 Å². The number of anilines is 1. The number of nitro benzene ring substituents is 1. The Balaban J connectivity index is 2.14. The molecule has 0 aromatic heterocycles. The Hall–Kier alpha value is -3.15. The molecular formula is C15H17N7O2. The van der Waals surface area contributed by atoms with Crippen molar-refractivity contribution < 1.29 is 4.92 Å². The maximum Gasteiger partial charge on any atom is 0.270 e. The molecule has 0 unspecified atom stereocenters. The Bertz CT molecular complexity index is 788. The summed E-state index contributed by atoms with van der Waals surface area (Å²) in [6.45, 7) is 0. The average molecular weight is 327 g/mol. The van der Waals surface area contributed by atoms with Gasteiger partial charge >= 0.3 is 0 Å². The fourth-order valence-corrected chi connectivity index (χ4v) is 3.39. The van der Waals surface area contributed by atoms with Gasteiger partial charge in [0, 0.05) is 12.1 Å². The lowest BCUT2D eigenvalue weighted by Crippen LogP contribution is -2.58. The zero-order chi connectivity index (χ0) is 17.3. The second kappa shape index (κ2) is 5.81. The molecule has 1 aromatic carbocycles. The Kier molecular flexibility index (Phi) is 3.81. The molecule has 0 saturated heterocycles. The molecule has 9 heteroatoms. The van der Waals surface area contributed by atoms with E-state index in [1.807, 2.05) is 6.07 Å². The molecule has 1 saturated carbocycles. The van der Waals surface area contributed by atoms with E-state index < -0.39 is 10.6 Å². The second-order valence-electron chi connectivity index (χ2n) is 5.89. The van der Waals surface area contributed by atoms with Crippen LogP contribution in [0.1, 0.15) is 37.7 Å². The molecule has 0 radical (unpaired) electrons. The van der Waals surface area contributed by atoms with Crippen LogP contribution in [0.15, 0.2) is 28.2 Å². The lowest BCUT2D eigenvalue weighted by atomic mass is 9.87. The van der Waals surface area contributed by atoms with Crippen molar-refractivity contribution in [2.45, 2.75) is 37.8 Å². The van der Waals surface area contributed by atoms with Crippen LogP contribution in [0.3, 0.4) is 0 Å². The fourth-order valence-electron chi connectivity index (χ4n) is 3.39.